The number of hydrogen-bond acceptors (Lipinski definition) is 3. The molecule has 1 heterocycles. The van der Waals surface area contributed by atoms with Crippen molar-refractivity contribution < 1.29 is 14.3 Å². The number of anilines is 1. The molecule has 2 amide bonds. The Labute approximate surface area is 206 Å². The summed E-state index contributed by atoms with van der Waals surface area (Å²) in [6, 6.07) is 26.6. The Balaban J connectivity index is 1.74. The summed E-state index contributed by atoms with van der Waals surface area (Å²) >= 11 is 3.56. The molecule has 34 heavy (non-hydrogen) atoms. The van der Waals surface area contributed by atoms with Crippen LogP contribution in [0.4, 0.5) is 5.69 Å². The maximum atomic E-state index is 14.3. The van der Waals surface area contributed by atoms with Crippen LogP contribution in [0.2, 0.25) is 0 Å². The van der Waals surface area contributed by atoms with Crippen LogP contribution in [0.5, 0.6) is 5.75 Å². The topological polar surface area (TPSA) is 58.6 Å². The minimum Gasteiger partial charge on any atom is -0.493 e. The maximum absolute atomic E-state index is 14.3. The monoisotopic (exact) mass is 514 g/mol. The third-order valence-corrected chi connectivity index (χ3v) is 6.48. The fraction of sp³-hybridized carbons (Fsp3) is 0.143. The molecule has 4 aromatic rings. The van der Waals surface area contributed by atoms with Crippen molar-refractivity contribution >= 4 is 44.2 Å². The summed E-state index contributed by atoms with van der Waals surface area (Å²) in [5.74, 6) is 0.0164. The fourth-order valence-electron chi connectivity index (χ4n) is 4.55. The lowest BCUT2D eigenvalue weighted by Gasteiger charge is -2.31. The van der Waals surface area contributed by atoms with Crippen LogP contribution in [-0.2, 0) is 4.79 Å². The molecule has 5 nitrogen and oxygen atoms in total. The van der Waals surface area contributed by atoms with Crippen LogP contribution in [0.1, 0.15) is 34.5 Å². The third-order valence-electron chi connectivity index (χ3n) is 5.99. The average Bonchev–Trinajstić information content (AvgIpc) is 2.99. The second-order valence-corrected chi connectivity index (χ2v) is 9.03. The summed E-state index contributed by atoms with van der Waals surface area (Å²) < 4.78 is 6.76. The highest BCUT2D eigenvalue weighted by atomic mass is 79.9. The van der Waals surface area contributed by atoms with E-state index in [4.69, 9.17) is 4.74 Å². The van der Waals surface area contributed by atoms with Crippen molar-refractivity contribution in [3.05, 3.63) is 106 Å². The molecule has 1 N–H and O–H groups in total. The van der Waals surface area contributed by atoms with Crippen LogP contribution in [-0.4, -0.2) is 29.9 Å². The molecule has 1 atom stereocenters. The lowest BCUT2D eigenvalue weighted by atomic mass is 9.94. The van der Waals surface area contributed by atoms with Crippen LogP contribution in [0.25, 0.3) is 10.8 Å². The number of ether oxygens (including phenoxy) is 1. The van der Waals surface area contributed by atoms with Crippen LogP contribution < -0.4 is 10.1 Å². The Kier molecular flexibility index (Phi) is 6.07. The van der Waals surface area contributed by atoms with Gasteiger partial charge in [-0.3, -0.25) is 9.59 Å². The first-order chi connectivity index (χ1) is 16.6. The number of benzene rings is 4. The van der Waals surface area contributed by atoms with Gasteiger partial charge in [-0.2, -0.15) is 0 Å². The molecule has 0 fully saturated rings. The Morgan fingerprint density at radius 3 is 2.59 bits per heavy atom. The molecule has 0 bridgehead atoms. The van der Waals surface area contributed by atoms with Crippen LogP contribution in [0.3, 0.4) is 0 Å². The molecule has 6 heteroatoms. The Morgan fingerprint density at radius 2 is 1.79 bits per heavy atom. The highest BCUT2D eigenvalue weighted by molar-refractivity contribution is 9.10. The number of rotatable bonds is 4. The van der Waals surface area contributed by atoms with E-state index in [0.717, 1.165) is 26.4 Å². The van der Waals surface area contributed by atoms with Crippen molar-refractivity contribution in [1.82, 2.24) is 4.90 Å². The zero-order valence-electron chi connectivity index (χ0n) is 18.6. The van der Waals surface area contributed by atoms with Gasteiger partial charge in [0.1, 0.15) is 12.3 Å². The Bertz CT molecular complexity index is 1390. The standard InChI is InChI=1S/C28H23BrN2O3/c1-2-34-24-15-12-18-8-6-7-11-21(18)26(24)28(33)31-17-25(32)30-23-14-13-20(29)16-22(23)27(31)19-9-4-3-5-10-19/h3-16,27H,2,17H2,1H3,(H,30,32). The summed E-state index contributed by atoms with van der Waals surface area (Å²) in [7, 11) is 0. The number of amides is 2. The molecule has 1 aliphatic rings. The number of halogens is 1. The van der Waals surface area contributed by atoms with Crippen molar-refractivity contribution in [3.8, 4) is 5.75 Å². The molecule has 0 radical (unpaired) electrons. The van der Waals surface area contributed by atoms with E-state index in [1.165, 1.54) is 0 Å². The number of nitrogens with one attached hydrogen (secondary N) is 1. The Hall–Kier alpha value is -3.64. The van der Waals surface area contributed by atoms with E-state index in [1.54, 1.807) is 4.90 Å². The first-order valence-electron chi connectivity index (χ1n) is 11.2. The van der Waals surface area contributed by atoms with E-state index in [-0.39, 0.29) is 18.4 Å². The molecule has 0 spiro atoms. The summed E-state index contributed by atoms with van der Waals surface area (Å²) in [5, 5.41) is 4.71. The van der Waals surface area contributed by atoms with E-state index in [9.17, 15) is 9.59 Å². The molecule has 4 aromatic carbocycles. The number of nitrogens with zero attached hydrogens (tertiary/aromatic N) is 1. The predicted molar refractivity (Wildman–Crippen MR) is 137 cm³/mol. The van der Waals surface area contributed by atoms with E-state index >= 15 is 0 Å². The Morgan fingerprint density at radius 1 is 1.03 bits per heavy atom. The van der Waals surface area contributed by atoms with Crippen LogP contribution in [0, 0.1) is 0 Å². The predicted octanol–water partition coefficient (Wildman–Crippen LogP) is 6.18. The van der Waals surface area contributed by atoms with Gasteiger partial charge in [0.15, 0.2) is 0 Å². The zero-order valence-corrected chi connectivity index (χ0v) is 20.2. The largest absolute Gasteiger partial charge is 0.493 e. The van der Waals surface area contributed by atoms with Gasteiger partial charge >= 0.3 is 0 Å². The molecular formula is C28H23BrN2O3. The molecule has 0 aliphatic carbocycles. The van der Waals surface area contributed by atoms with Gasteiger partial charge in [-0.25, -0.2) is 0 Å². The van der Waals surface area contributed by atoms with Crippen molar-refractivity contribution in [3.63, 3.8) is 0 Å². The minimum absolute atomic E-state index is 0.0838. The zero-order chi connectivity index (χ0) is 23.7. The van der Waals surface area contributed by atoms with Gasteiger partial charge in [-0.1, -0.05) is 76.6 Å². The van der Waals surface area contributed by atoms with E-state index in [0.29, 0.717) is 23.6 Å². The van der Waals surface area contributed by atoms with Crippen molar-refractivity contribution in [1.29, 1.82) is 0 Å². The normalized spacial score (nSPS) is 15.4. The van der Waals surface area contributed by atoms with Gasteiger partial charge < -0.3 is 15.0 Å². The second kappa shape index (κ2) is 9.31. The van der Waals surface area contributed by atoms with Gasteiger partial charge in [-0.15, -0.1) is 0 Å². The third kappa shape index (κ3) is 4.05. The number of carbonyl (C=O) groups is 2. The van der Waals surface area contributed by atoms with E-state index < -0.39 is 6.04 Å². The fourth-order valence-corrected chi connectivity index (χ4v) is 4.93. The van der Waals surface area contributed by atoms with Gasteiger partial charge in [0.25, 0.3) is 5.91 Å². The van der Waals surface area contributed by atoms with Gasteiger partial charge in [0.2, 0.25) is 5.91 Å². The quantitative estimate of drug-likeness (QED) is 0.353. The van der Waals surface area contributed by atoms with Crippen LogP contribution in [0.15, 0.2) is 89.4 Å². The first kappa shape index (κ1) is 22.2. The van der Waals surface area contributed by atoms with Gasteiger partial charge in [0.05, 0.1) is 18.2 Å². The SMILES string of the molecule is CCOc1ccc2ccccc2c1C(=O)N1CC(=O)Nc2ccc(Br)cc2C1c1ccccc1. The molecule has 5 rings (SSSR count). The lowest BCUT2D eigenvalue weighted by molar-refractivity contribution is -0.117. The smallest absolute Gasteiger partial charge is 0.259 e. The summed E-state index contributed by atoms with van der Waals surface area (Å²) in [5.41, 5.74) is 2.93. The van der Waals surface area contributed by atoms with Crippen molar-refractivity contribution in [2.75, 3.05) is 18.5 Å². The minimum atomic E-state index is -0.464. The number of fused-ring (bicyclic) bond motifs is 2. The number of carbonyl (C=O) groups excluding carboxylic acids is 2. The molecular weight excluding hydrogens is 492 g/mol. The van der Waals surface area contributed by atoms with E-state index in [2.05, 4.69) is 21.2 Å². The second-order valence-electron chi connectivity index (χ2n) is 8.12. The summed E-state index contributed by atoms with van der Waals surface area (Å²) in [6.07, 6.45) is 0. The van der Waals surface area contributed by atoms with E-state index in [1.807, 2.05) is 91.9 Å². The summed E-state index contributed by atoms with van der Waals surface area (Å²) in [6.45, 7) is 2.24. The highest BCUT2D eigenvalue weighted by Gasteiger charge is 2.35. The molecule has 0 saturated heterocycles. The molecule has 1 aliphatic heterocycles. The summed E-state index contributed by atoms with van der Waals surface area (Å²) in [4.78, 5) is 29.0. The van der Waals surface area contributed by atoms with Crippen molar-refractivity contribution in [2.45, 2.75) is 13.0 Å². The van der Waals surface area contributed by atoms with Crippen LogP contribution >= 0.6 is 15.9 Å². The lowest BCUT2D eigenvalue weighted by Crippen LogP contribution is -2.39. The van der Waals surface area contributed by atoms with Gasteiger partial charge in [-0.05, 0) is 47.5 Å². The first-order valence-corrected chi connectivity index (χ1v) is 12.0. The molecule has 0 saturated carbocycles. The van der Waals surface area contributed by atoms with Crippen molar-refractivity contribution in [2.24, 2.45) is 0 Å². The van der Waals surface area contributed by atoms with Gasteiger partial charge in [0, 0.05) is 15.7 Å². The maximum Gasteiger partial charge on any atom is 0.259 e. The molecule has 0 aromatic heterocycles. The molecule has 170 valence electrons. The average molecular weight is 515 g/mol. The highest BCUT2D eigenvalue weighted by Crippen LogP contribution is 2.39. The molecule has 1 unspecified atom stereocenters. The number of hydrogen-bond donors (Lipinski definition) is 1.